The predicted molar refractivity (Wildman–Crippen MR) is 86.2 cm³/mol. The van der Waals surface area contributed by atoms with Gasteiger partial charge in [0, 0.05) is 12.8 Å². The summed E-state index contributed by atoms with van der Waals surface area (Å²) >= 11 is 12.1. The quantitative estimate of drug-likeness (QED) is 0.791. The minimum atomic E-state index is 0.387. The Kier molecular flexibility index (Phi) is 3.76. The normalized spacial score (nSPS) is 11.2. The van der Waals surface area contributed by atoms with Crippen molar-refractivity contribution < 1.29 is 4.74 Å². The topological polar surface area (TPSA) is 53.1 Å². The van der Waals surface area contributed by atoms with Crippen LogP contribution in [0.2, 0.25) is 10.0 Å². The Morgan fingerprint density at radius 3 is 2.71 bits per heavy atom. The molecule has 3 aromatic rings. The highest BCUT2D eigenvalue weighted by Gasteiger charge is 2.12. The van der Waals surface area contributed by atoms with Crippen molar-refractivity contribution in [2.24, 2.45) is 0 Å². The van der Waals surface area contributed by atoms with E-state index in [1.807, 2.05) is 28.8 Å². The lowest BCUT2D eigenvalue weighted by Crippen LogP contribution is -2.01. The molecule has 3 rings (SSSR count). The fourth-order valence-electron chi connectivity index (χ4n) is 2.31. The van der Waals surface area contributed by atoms with Crippen LogP contribution in [0.5, 0.6) is 0 Å². The highest BCUT2D eigenvalue weighted by Crippen LogP contribution is 2.31. The Morgan fingerprint density at radius 2 is 1.95 bits per heavy atom. The molecule has 0 atom stereocenters. The number of nitrogens with two attached hydrogens (primary N) is 1. The van der Waals surface area contributed by atoms with E-state index in [4.69, 9.17) is 33.7 Å². The number of imidazole rings is 1. The van der Waals surface area contributed by atoms with E-state index in [1.54, 1.807) is 19.2 Å². The molecule has 2 N–H and O–H groups in total. The van der Waals surface area contributed by atoms with Crippen LogP contribution < -0.4 is 5.73 Å². The van der Waals surface area contributed by atoms with Crippen molar-refractivity contribution >= 4 is 40.2 Å². The van der Waals surface area contributed by atoms with Gasteiger partial charge >= 0.3 is 0 Å². The van der Waals surface area contributed by atoms with Gasteiger partial charge in [-0.05, 0) is 29.8 Å². The molecule has 0 saturated carbocycles. The average molecular weight is 322 g/mol. The minimum Gasteiger partial charge on any atom is -0.380 e. The van der Waals surface area contributed by atoms with Gasteiger partial charge in [-0.3, -0.25) is 4.57 Å². The monoisotopic (exact) mass is 321 g/mol. The lowest BCUT2D eigenvalue weighted by molar-refractivity contribution is 0.185. The molecule has 6 heteroatoms. The maximum atomic E-state index is 6.10. The summed E-state index contributed by atoms with van der Waals surface area (Å²) in [6.07, 6.45) is 0. The van der Waals surface area contributed by atoms with E-state index in [1.165, 1.54) is 0 Å². The van der Waals surface area contributed by atoms with Crippen LogP contribution in [0.25, 0.3) is 16.7 Å². The van der Waals surface area contributed by atoms with Gasteiger partial charge in [0.25, 0.3) is 0 Å². The summed E-state index contributed by atoms with van der Waals surface area (Å²) in [5.41, 5.74) is 9.53. The Labute approximate surface area is 132 Å². The molecule has 0 radical (unpaired) electrons. The van der Waals surface area contributed by atoms with E-state index in [0.29, 0.717) is 28.1 Å². The van der Waals surface area contributed by atoms with Crippen molar-refractivity contribution in [3.05, 3.63) is 52.0 Å². The number of hydrogen-bond acceptors (Lipinski definition) is 3. The number of aromatic nitrogens is 2. The van der Waals surface area contributed by atoms with Crippen molar-refractivity contribution in [2.45, 2.75) is 6.61 Å². The average Bonchev–Trinajstić information content (AvgIpc) is 2.75. The second-order valence-electron chi connectivity index (χ2n) is 4.66. The lowest BCUT2D eigenvalue weighted by Gasteiger charge is -2.09. The molecule has 0 bridgehead atoms. The zero-order chi connectivity index (χ0) is 15.0. The van der Waals surface area contributed by atoms with E-state index in [2.05, 4.69) is 4.98 Å². The van der Waals surface area contributed by atoms with Crippen LogP contribution in [0.1, 0.15) is 5.56 Å². The molecule has 0 aliphatic heterocycles. The largest absolute Gasteiger partial charge is 0.380 e. The number of ether oxygens (including phenoxy) is 1. The Bertz CT molecular complexity index is 814. The number of nitrogen functional groups attached to an aromatic ring is 1. The zero-order valence-corrected chi connectivity index (χ0v) is 12.8. The van der Waals surface area contributed by atoms with E-state index >= 15 is 0 Å². The van der Waals surface area contributed by atoms with Crippen LogP contribution in [0.15, 0.2) is 36.4 Å². The van der Waals surface area contributed by atoms with Crippen molar-refractivity contribution in [3.8, 4) is 5.69 Å². The molecule has 1 aromatic heterocycles. The third-order valence-corrected chi connectivity index (χ3v) is 3.92. The zero-order valence-electron chi connectivity index (χ0n) is 11.3. The number of nitrogens with zero attached hydrogens (tertiary/aromatic N) is 2. The van der Waals surface area contributed by atoms with Gasteiger partial charge in [-0.2, -0.15) is 0 Å². The molecule has 0 saturated heterocycles. The summed E-state index contributed by atoms with van der Waals surface area (Å²) in [4.78, 5) is 4.33. The standard InChI is InChI=1S/C15H13Cl2N3O/c1-21-8-9-3-2-4-10(5-9)20-14-7-12(17)11(16)6-13(14)19-15(20)18/h2-7H,8H2,1H3,(H2,18,19). The second-order valence-corrected chi connectivity index (χ2v) is 5.48. The van der Waals surface area contributed by atoms with Crippen molar-refractivity contribution in [1.82, 2.24) is 9.55 Å². The predicted octanol–water partition coefficient (Wildman–Crippen LogP) is 4.06. The third-order valence-electron chi connectivity index (χ3n) is 3.20. The maximum Gasteiger partial charge on any atom is 0.205 e. The van der Waals surface area contributed by atoms with Gasteiger partial charge in [0.15, 0.2) is 0 Å². The summed E-state index contributed by atoms with van der Waals surface area (Å²) in [5, 5.41) is 0.931. The number of hydrogen-bond donors (Lipinski definition) is 1. The van der Waals surface area contributed by atoms with E-state index in [9.17, 15) is 0 Å². The van der Waals surface area contributed by atoms with Crippen LogP contribution in [0, 0.1) is 0 Å². The van der Waals surface area contributed by atoms with Crippen LogP contribution >= 0.6 is 23.2 Å². The number of anilines is 1. The summed E-state index contributed by atoms with van der Waals surface area (Å²) < 4.78 is 7.00. The number of halogens is 2. The van der Waals surface area contributed by atoms with Crippen LogP contribution in [0.3, 0.4) is 0 Å². The first-order valence-electron chi connectivity index (χ1n) is 6.31. The highest BCUT2D eigenvalue weighted by atomic mass is 35.5. The van der Waals surface area contributed by atoms with E-state index < -0.39 is 0 Å². The van der Waals surface area contributed by atoms with E-state index in [0.717, 1.165) is 16.8 Å². The molecule has 4 nitrogen and oxygen atoms in total. The van der Waals surface area contributed by atoms with Gasteiger partial charge in [0.05, 0.1) is 27.7 Å². The first-order chi connectivity index (χ1) is 10.1. The number of benzene rings is 2. The summed E-state index contributed by atoms with van der Waals surface area (Å²) in [5.74, 6) is 0.387. The fraction of sp³-hybridized carbons (Fsp3) is 0.133. The Hall–Kier alpha value is -1.75. The van der Waals surface area contributed by atoms with Crippen LogP contribution in [-0.4, -0.2) is 16.7 Å². The minimum absolute atomic E-state index is 0.387. The molecule has 0 aliphatic carbocycles. The summed E-state index contributed by atoms with van der Waals surface area (Å²) in [6.45, 7) is 0.535. The van der Waals surface area contributed by atoms with Gasteiger partial charge in [-0.1, -0.05) is 35.3 Å². The lowest BCUT2D eigenvalue weighted by atomic mass is 10.2. The molecule has 2 aromatic carbocycles. The molecular formula is C15H13Cl2N3O. The Morgan fingerprint density at radius 1 is 1.19 bits per heavy atom. The van der Waals surface area contributed by atoms with Crippen LogP contribution in [0.4, 0.5) is 5.95 Å². The number of rotatable bonds is 3. The van der Waals surface area contributed by atoms with Crippen molar-refractivity contribution in [1.29, 1.82) is 0 Å². The van der Waals surface area contributed by atoms with E-state index in [-0.39, 0.29) is 0 Å². The highest BCUT2D eigenvalue weighted by molar-refractivity contribution is 6.42. The first-order valence-corrected chi connectivity index (χ1v) is 7.07. The first kappa shape index (κ1) is 14.2. The molecule has 1 heterocycles. The summed E-state index contributed by atoms with van der Waals surface area (Å²) in [6, 6.07) is 11.4. The second kappa shape index (κ2) is 5.56. The molecular weight excluding hydrogens is 309 g/mol. The Balaban J connectivity index is 2.22. The van der Waals surface area contributed by atoms with Gasteiger partial charge in [-0.25, -0.2) is 4.98 Å². The SMILES string of the molecule is COCc1cccc(-n2c(N)nc3cc(Cl)c(Cl)cc32)c1. The number of methoxy groups -OCH3 is 1. The maximum absolute atomic E-state index is 6.10. The molecule has 21 heavy (non-hydrogen) atoms. The van der Waals surface area contributed by atoms with Gasteiger partial charge in [-0.15, -0.1) is 0 Å². The molecule has 0 amide bonds. The molecule has 0 unspecified atom stereocenters. The number of fused-ring (bicyclic) bond motifs is 1. The molecule has 0 fully saturated rings. The van der Waals surface area contributed by atoms with Crippen molar-refractivity contribution in [2.75, 3.05) is 12.8 Å². The van der Waals surface area contributed by atoms with Crippen molar-refractivity contribution in [3.63, 3.8) is 0 Å². The fourth-order valence-corrected chi connectivity index (χ4v) is 2.63. The third kappa shape index (κ3) is 2.58. The van der Waals surface area contributed by atoms with Gasteiger partial charge in [0.1, 0.15) is 0 Å². The van der Waals surface area contributed by atoms with Gasteiger partial charge in [0.2, 0.25) is 5.95 Å². The molecule has 0 spiro atoms. The van der Waals surface area contributed by atoms with Gasteiger partial charge < -0.3 is 10.5 Å². The smallest absolute Gasteiger partial charge is 0.205 e. The molecule has 0 aliphatic rings. The summed E-state index contributed by atoms with van der Waals surface area (Å²) in [7, 11) is 1.66. The molecule has 108 valence electrons. The van der Waals surface area contributed by atoms with Crippen LogP contribution in [-0.2, 0) is 11.3 Å².